The third-order valence-corrected chi connectivity index (χ3v) is 5.84. The van der Waals surface area contributed by atoms with E-state index >= 15 is 4.39 Å². The molecule has 2 aromatic carbocycles. The second kappa shape index (κ2) is 9.31. The predicted molar refractivity (Wildman–Crippen MR) is 119 cm³/mol. The van der Waals surface area contributed by atoms with Crippen LogP contribution >= 0.6 is 0 Å². The number of hydrogen-bond donors (Lipinski definition) is 2. The average Bonchev–Trinajstić information content (AvgIpc) is 3.20. The van der Waals surface area contributed by atoms with E-state index in [0.717, 1.165) is 23.1 Å². The zero-order valence-electron chi connectivity index (χ0n) is 18.8. The first-order valence-electron chi connectivity index (χ1n) is 10.6. The van der Waals surface area contributed by atoms with Gasteiger partial charge in [-0.25, -0.2) is 13.6 Å². The minimum Gasteiger partial charge on any atom is -0.465 e. The topological polar surface area (TPSA) is 81.1 Å². The van der Waals surface area contributed by atoms with Crippen LogP contribution in [0.1, 0.15) is 31.9 Å². The highest BCUT2D eigenvalue weighted by atomic mass is 19.1. The van der Waals surface area contributed by atoms with Gasteiger partial charge < -0.3 is 15.1 Å². The predicted octanol–water partition coefficient (Wildman–Crippen LogP) is 3.99. The Balaban J connectivity index is 2.24. The largest absolute Gasteiger partial charge is 0.465 e. The summed E-state index contributed by atoms with van der Waals surface area (Å²) in [4.78, 5) is 28.3. The van der Waals surface area contributed by atoms with Crippen molar-refractivity contribution in [3.05, 3.63) is 83.4 Å². The van der Waals surface area contributed by atoms with Gasteiger partial charge in [-0.15, -0.1) is 0 Å². The molecule has 0 saturated heterocycles. The number of carbonyl (C=O) groups excluding carboxylic acids is 1. The highest BCUT2D eigenvalue weighted by Gasteiger charge is 2.50. The quantitative estimate of drug-likeness (QED) is 0.642. The molecule has 0 bridgehead atoms. The maximum Gasteiger partial charge on any atom is 0.408 e. The van der Waals surface area contributed by atoms with E-state index in [4.69, 9.17) is 0 Å². The van der Waals surface area contributed by atoms with Gasteiger partial charge in [0.05, 0.1) is 6.61 Å². The van der Waals surface area contributed by atoms with Crippen molar-refractivity contribution >= 4 is 12.0 Å². The molecular formula is C25H28F2N2O4. The van der Waals surface area contributed by atoms with Crippen molar-refractivity contribution in [2.75, 3.05) is 19.7 Å². The summed E-state index contributed by atoms with van der Waals surface area (Å²) in [7, 11) is 0. The number of halogens is 2. The van der Waals surface area contributed by atoms with Crippen molar-refractivity contribution in [1.82, 2.24) is 9.80 Å². The molecule has 2 amide bonds. The second-order valence-electron chi connectivity index (χ2n) is 9.08. The van der Waals surface area contributed by atoms with Gasteiger partial charge in [-0.05, 0) is 29.2 Å². The average molecular weight is 459 g/mol. The van der Waals surface area contributed by atoms with E-state index in [1.54, 1.807) is 63.3 Å². The molecule has 8 heteroatoms. The van der Waals surface area contributed by atoms with Crippen molar-refractivity contribution in [3.63, 3.8) is 0 Å². The molecule has 1 aliphatic heterocycles. The van der Waals surface area contributed by atoms with Crippen LogP contribution in [0.25, 0.3) is 0 Å². The summed E-state index contributed by atoms with van der Waals surface area (Å²) in [6, 6.07) is 10.6. The molecular weight excluding hydrogens is 430 g/mol. The number of carboxylic acid groups (broad SMARTS) is 1. The summed E-state index contributed by atoms with van der Waals surface area (Å²) in [5.41, 5.74) is -1.84. The lowest BCUT2D eigenvalue weighted by Crippen LogP contribution is -2.60. The molecule has 2 atom stereocenters. The van der Waals surface area contributed by atoms with Gasteiger partial charge in [0, 0.05) is 18.7 Å². The number of aliphatic hydroxyl groups excluding tert-OH is 1. The van der Waals surface area contributed by atoms with Crippen LogP contribution in [0, 0.1) is 17.0 Å². The Hall–Kier alpha value is -3.26. The van der Waals surface area contributed by atoms with E-state index in [9.17, 15) is 24.2 Å². The Kier molecular flexibility index (Phi) is 6.88. The third-order valence-electron chi connectivity index (χ3n) is 5.84. The van der Waals surface area contributed by atoms with Gasteiger partial charge in [0.25, 0.3) is 0 Å². The third kappa shape index (κ3) is 4.48. The summed E-state index contributed by atoms with van der Waals surface area (Å²) < 4.78 is 29.4. The van der Waals surface area contributed by atoms with Gasteiger partial charge in [0.1, 0.15) is 23.2 Å². The molecule has 2 N–H and O–H groups in total. The van der Waals surface area contributed by atoms with Crippen molar-refractivity contribution in [1.29, 1.82) is 0 Å². The van der Waals surface area contributed by atoms with Crippen molar-refractivity contribution in [2.45, 2.75) is 32.4 Å². The first-order chi connectivity index (χ1) is 15.5. The minimum absolute atomic E-state index is 0.0486. The van der Waals surface area contributed by atoms with E-state index in [-0.39, 0.29) is 18.7 Å². The molecule has 0 aliphatic carbocycles. The zero-order chi connectivity index (χ0) is 24.4. The molecule has 0 unspecified atom stereocenters. The van der Waals surface area contributed by atoms with Gasteiger partial charge >= 0.3 is 6.09 Å². The summed E-state index contributed by atoms with van der Waals surface area (Å²) in [5, 5.41) is 19.2. The fourth-order valence-electron chi connectivity index (χ4n) is 4.51. The lowest BCUT2D eigenvalue weighted by molar-refractivity contribution is -0.143. The van der Waals surface area contributed by atoms with Gasteiger partial charge in [-0.1, -0.05) is 63.3 Å². The van der Waals surface area contributed by atoms with Gasteiger partial charge in [0.2, 0.25) is 5.91 Å². The molecule has 0 spiro atoms. The van der Waals surface area contributed by atoms with Crippen LogP contribution in [0.5, 0.6) is 0 Å². The first-order valence-corrected chi connectivity index (χ1v) is 10.6. The molecule has 0 saturated carbocycles. The monoisotopic (exact) mass is 458 g/mol. The maximum atomic E-state index is 15.2. The van der Waals surface area contributed by atoms with E-state index in [0.29, 0.717) is 5.56 Å². The van der Waals surface area contributed by atoms with Crippen LogP contribution in [0.3, 0.4) is 0 Å². The van der Waals surface area contributed by atoms with E-state index in [1.807, 2.05) is 0 Å². The van der Waals surface area contributed by atoms with Crippen molar-refractivity contribution < 1.29 is 28.6 Å². The Morgan fingerprint density at radius 2 is 1.82 bits per heavy atom. The Labute approximate surface area is 191 Å². The molecule has 0 fully saturated rings. The normalized spacial score (nSPS) is 18.9. The summed E-state index contributed by atoms with van der Waals surface area (Å²) in [6.07, 6.45) is 1.98. The Morgan fingerprint density at radius 1 is 1.15 bits per heavy atom. The van der Waals surface area contributed by atoms with Crippen molar-refractivity contribution in [2.24, 2.45) is 5.41 Å². The molecule has 1 aliphatic rings. The highest BCUT2D eigenvalue weighted by molar-refractivity contribution is 5.88. The Bertz CT molecular complexity index is 1050. The minimum atomic E-state index is -1.47. The SMILES string of the molecule is CC(C)(C)[C@@H](C(=O)N1CC=C[C@]1(c1ccccc1)c1cc(F)ccc1F)N(CCO)C(=O)O. The van der Waals surface area contributed by atoms with Crippen LogP contribution in [-0.4, -0.2) is 57.8 Å². The molecule has 3 rings (SSSR count). The van der Waals surface area contributed by atoms with Gasteiger partial charge in [-0.3, -0.25) is 9.69 Å². The first kappa shape index (κ1) is 24.4. The maximum absolute atomic E-state index is 15.2. The molecule has 33 heavy (non-hydrogen) atoms. The number of hydrogen-bond acceptors (Lipinski definition) is 3. The van der Waals surface area contributed by atoms with E-state index < -0.39 is 47.2 Å². The molecule has 0 radical (unpaired) electrons. The lowest BCUT2D eigenvalue weighted by atomic mass is 9.79. The molecule has 2 aromatic rings. The summed E-state index contributed by atoms with van der Waals surface area (Å²) in [6.45, 7) is 4.50. The lowest BCUT2D eigenvalue weighted by Gasteiger charge is -2.45. The number of nitrogens with zero attached hydrogens (tertiary/aromatic N) is 2. The molecule has 1 heterocycles. The van der Waals surface area contributed by atoms with Crippen LogP contribution in [0.15, 0.2) is 60.7 Å². The number of aliphatic hydroxyl groups is 1. The molecule has 0 aromatic heterocycles. The number of rotatable bonds is 6. The number of amides is 2. The van der Waals surface area contributed by atoms with Gasteiger partial charge in [0.15, 0.2) is 0 Å². The van der Waals surface area contributed by atoms with Crippen LogP contribution in [0.4, 0.5) is 13.6 Å². The Morgan fingerprint density at radius 3 is 2.39 bits per heavy atom. The number of benzene rings is 2. The second-order valence-corrected chi connectivity index (χ2v) is 9.08. The number of carbonyl (C=O) groups is 2. The summed E-state index contributed by atoms with van der Waals surface area (Å²) in [5.74, 6) is -1.92. The highest BCUT2D eigenvalue weighted by Crippen LogP contribution is 2.43. The molecule has 6 nitrogen and oxygen atoms in total. The fourth-order valence-corrected chi connectivity index (χ4v) is 4.51. The van der Waals surface area contributed by atoms with E-state index in [1.165, 1.54) is 4.90 Å². The van der Waals surface area contributed by atoms with Crippen LogP contribution < -0.4 is 0 Å². The standard InChI is InChI=1S/C25H28F2N2O4/c1-24(2,3)21(28(14-15-30)23(32)33)22(31)29-13-7-12-25(29,17-8-5-4-6-9-17)19-16-18(26)10-11-20(19)27/h4-12,16,21,30H,13-15H2,1-3H3,(H,32,33)/t21-,25+/m1/s1. The summed E-state index contributed by atoms with van der Waals surface area (Å²) >= 11 is 0. The van der Waals surface area contributed by atoms with E-state index in [2.05, 4.69) is 0 Å². The van der Waals surface area contributed by atoms with Crippen molar-refractivity contribution in [3.8, 4) is 0 Å². The fraction of sp³-hybridized carbons (Fsp3) is 0.360. The van der Waals surface area contributed by atoms with Crippen LogP contribution in [0.2, 0.25) is 0 Å². The molecule has 176 valence electrons. The zero-order valence-corrected chi connectivity index (χ0v) is 18.8. The smallest absolute Gasteiger partial charge is 0.408 e. The van der Waals surface area contributed by atoms with Gasteiger partial charge in [-0.2, -0.15) is 0 Å². The van der Waals surface area contributed by atoms with Crippen LogP contribution in [-0.2, 0) is 10.3 Å².